The third kappa shape index (κ3) is 4.66. The van der Waals surface area contributed by atoms with Crippen molar-refractivity contribution in [1.29, 1.82) is 0 Å². The summed E-state index contributed by atoms with van der Waals surface area (Å²) in [4.78, 5) is 25.6. The summed E-state index contributed by atoms with van der Waals surface area (Å²) in [5, 5.41) is 5.41. The minimum absolute atomic E-state index is 0.285. The van der Waals surface area contributed by atoms with Crippen molar-refractivity contribution in [2.45, 2.75) is 9.79 Å². The Balaban J connectivity index is 1.60. The number of nitrogens with two attached hydrogens (primary N) is 1. The zero-order valence-electron chi connectivity index (χ0n) is 15.9. The van der Waals surface area contributed by atoms with Crippen molar-refractivity contribution in [3.8, 4) is 11.5 Å². The van der Waals surface area contributed by atoms with E-state index in [1.54, 1.807) is 30.3 Å². The van der Waals surface area contributed by atoms with Gasteiger partial charge in [0.2, 0.25) is 0 Å². The molecule has 0 saturated heterocycles. The van der Waals surface area contributed by atoms with Crippen molar-refractivity contribution in [2.24, 2.45) is 5.73 Å². The number of fused-ring (bicyclic) bond motifs is 1. The Morgan fingerprint density at radius 2 is 1.53 bits per heavy atom. The molecule has 3 aromatic rings. The average Bonchev–Trinajstić information content (AvgIpc) is 2.75. The van der Waals surface area contributed by atoms with Crippen LogP contribution in [0.4, 0.5) is 16.2 Å². The molecule has 7 nitrogen and oxygen atoms in total. The highest BCUT2D eigenvalue weighted by atomic mass is 32.2. The van der Waals surface area contributed by atoms with E-state index in [9.17, 15) is 9.59 Å². The highest BCUT2D eigenvalue weighted by Crippen LogP contribution is 2.42. The van der Waals surface area contributed by atoms with Gasteiger partial charge < -0.3 is 25.8 Å². The molecule has 1 aliphatic rings. The van der Waals surface area contributed by atoms with Crippen molar-refractivity contribution in [3.05, 3.63) is 72.3 Å². The molecule has 1 aliphatic heterocycles. The second-order valence-corrected chi connectivity index (χ2v) is 7.54. The highest BCUT2D eigenvalue weighted by Gasteiger charge is 2.18. The molecule has 4 N–H and O–H groups in total. The second kappa shape index (κ2) is 8.79. The van der Waals surface area contributed by atoms with Gasteiger partial charge in [0.05, 0.1) is 5.69 Å². The molecule has 0 unspecified atom stereocenters. The molecule has 0 atom stereocenters. The van der Waals surface area contributed by atoms with Gasteiger partial charge in [-0.25, -0.2) is 4.79 Å². The Kier molecular flexibility index (Phi) is 5.76. The van der Waals surface area contributed by atoms with Gasteiger partial charge in [-0.2, -0.15) is 0 Å². The van der Waals surface area contributed by atoms with Gasteiger partial charge >= 0.3 is 6.03 Å². The van der Waals surface area contributed by atoms with Crippen molar-refractivity contribution in [2.75, 3.05) is 23.8 Å². The Hall–Kier alpha value is -3.65. The Bertz CT molecular complexity index is 1070. The van der Waals surface area contributed by atoms with Crippen LogP contribution in [0, 0.1) is 0 Å². The molecule has 0 radical (unpaired) electrons. The zero-order valence-corrected chi connectivity index (χ0v) is 16.7. The summed E-state index contributed by atoms with van der Waals surface area (Å²) in [5.41, 5.74) is 6.68. The van der Waals surface area contributed by atoms with Crippen LogP contribution in [0.15, 0.2) is 76.5 Å². The summed E-state index contributed by atoms with van der Waals surface area (Å²) in [5.74, 6) is 0.960. The zero-order chi connectivity index (χ0) is 20.9. The molecule has 0 aliphatic carbocycles. The van der Waals surface area contributed by atoms with Crippen molar-refractivity contribution in [3.63, 3.8) is 0 Å². The predicted molar refractivity (Wildman–Crippen MR) is 116 cm³/mol. The quantitative estimate of drug-likeness (QED) is 0.568. The first-order valence-electron chi connectivity index (χ1n) is 9.23. The van der Waals surface area contributed by atoms with E-state index in [1.165, 1.54) is 11.8 Å². The monoisotopic (exact) mass is 421 g/mol. The van der Waals surface area contributed by atoms with Gasteiger partial charge in [-0.15, -0.1) is 0 Å². The first-order valence-corrected chi connectivity index (χ1v) is 10.0. The molecular formula is C22H19N3O4S. The van der Waals surface area contributed by atoms with Gasteiger partial charge in [0.25, 0.3) is 5.91 Å². The fourth-order valence-electron chi connectivity index (χ4n) is 2.91. The van der Waals surface area contributed by atoms with Crippen LogP contribution >= 0.6 is 11.8 Å². The SMILES string of the molecule is NC(=O)Nc1ccc(C(=O)Nc2cc3c(cc2Sc2ccccc2)OCCO3)cc1. The maximum atomic E-state index is 12.8. The first-order chi connectivity index (χ1) is 14.6. The normalized spacial score (nSPS) is 12.1. The van der Waals surface area contributed by atoms with Gasteiger partial charge in [0, 0.05) is 33.2 Å². The predicted octanol–water partition coefficient (Wildman–Crippen LogP) is 4.35. The lowest BCUT2D eigenvalue weighted by Crippen LogP contribution is -2.19. The smallest absolute Gasteiger partial charge is 0.316 e. The standard InChI is InChI=1S/C22H19N3O4S/c23-22(27)24-15-8-6-14(7-9-15)21(26)25-17-12-18-19(29-11-10-28-18)13-20(17)30-16-4-2-1-3-5-16/h1-9,12-13H,10-11H2,(H,25,26)(H3,23,24,27). The number of urea groups is 1. The van der Waals surface area contributed by atoms with Crippen molar-refractivity contribution >= 4 is 35.1 Å². The molecule has 152 valence electrons. The third-order valence-corrected chi connectivity index (χ3v) is 5.34. The van der Waals surface area contributed by atoms with Crippen LogP contribution in [0.25, 0.3) is 0 Å². The van der Waals surface area contributed by atoms with E-state index < -0.39 is 6.03 Å². The van der Waals surface area contributed by atoms with Crippen molar-refractivity contribution in [1.82, 2.24) is 0 Å². The Morgan fingerprint density at radius 1 is 0.867 bits per heavy atom. The number of nitrogens with one attached hydrogen (secondary N) is 2. The van der Waals surface area contributed by atoms with E-state index in [4.69, 9.17) is 15.2 Å². The van der Waals surface area contributed by atoms with E-state index in [0.29, 0.717) is 41.7 Å². The molecule has 4 rings (SSSR count). The number of primary amides is 1. The lowest BCUT2D eigenvalue weighted by molar-refractivity contribution is 0.102. The van der Waals surface area contributed by atoms with Gasteiger partial charge in [0.1, 0.15) is 13.2 Å². The van der Waals surface area contributed by atoms with Gasteiger partial charge in [0.15, 0.2) is 11.5 Å². The number of carbonyl (C=O) groups excluding carboxylic acids is 2. The second-order valence-electron chi connectivity index (χ2n) is 6.43. The average molecular weight is 421 g/mol. The van der Waals surface area contributed by atoms with E-state index in [2.05, 4.69) is 10.6 Å². The Labute approximate surface area is 177 Å². The largest absolute Gasteiger partial charge is 0.486 e. The molecule has 30 heavy (non-hydrogen) atoms. The summed E-state index contributed by atoms with van der Waals surface area (Å²) in [6, 6.07) is 19.3. The highest BCUT2D eigenvalue weighted by molar-refractivity contribution is 7.99. The van der Waals surface area contributed by atoms with Crippen LogP contribution in [0.3, 0.4) is 0 Å². The molecule has 3 amide bonds. The first kappa shape index (κ1) is 19.7. The number of carbonyl (C=O) groups is 2. The molecule has 0 spiro atoms. The molecular weight excluding hydrogens is 402 g/mol. The number of benzene rings is 3. The molecule has 0 bridgehead atoms. The number of amides is 3. The minimum atomic E-state index is -0.661. The number of ether oxygens (including phenoxy) is 2. The fourth-order valence-corrected chi connectivity index (χ4v) is 3.84. The summed E-state index contributed by atoms with van der Waals surface area (Å²) in [6.45, 7) is 0.944. The molecule has 0 saturated carbocycles. The maximum absolute atomic E-state index is 12.8. The van der Waals surface area contributed by atoms with Gasteiger partial charge in [-0.05, 0) is 36.4 Å². The topological polar surface area (TPSA) is 103 Å². The lowest BCUT2D eigenvalue weighted by Gasteiger charge is -2.21. The third-order valence-electron chi connectivity index (χ3n) is 4.28. The molecule has 3 aromatic carbocycles. The van der Waals surface area contributed by atoms with Crippen LogP contribution < -0.4 is 25.8 Å². The fraction of sp³-hybridized carbons (Fsp3) is 0.0909. The minimum Gasteiger partial charge on any atom is -0.486 e. The summed E-state index contributed by atoms with van der Waals surface area (Å²) < 4.78 is 11.4. The van der Waals surface area contributed by atoms with E-state index in [-0.39, 0.29) is 5.91 Å². The summed E-state index contributed by atoms with van der Waals surface area (Å²) in [6.07, 6.45) is 0. The Morgan fingerprint density at radius 3 is 2.20 bits per heavy atom. The van der Waals surface area contributed by atoms with Crippen LogP contribution in [0.1, 0.15) is 10.4 Å². The summed E-state index contributed by atoms with van der Waals surface area (Å²) >= 11 is 1.52. The van der Waals surface area contributed by atoms with Crippen LogP contribution in [-0.2, 0) is 0 Å². The van der Waals surface area contributed by atoms with E-state index in [1.807, 2.05) is 36.4 Å². The van der Waals surface area contributed by atoms with Gasteiger partial charge in [-0.1, -0.05) is 30.0 Å². The van der Waals surface area contributed by atoms with E-state index >= 15 is 0 Å². The number of anilines is 2. The number of rotatable bonds is 5. The van der Waals surface area contributed by atoms with Crippen LogP contribution in [-0.4, -0.2) is 25.2 Å². The summed E-state index contributed by atoms with van der Waals surface area (Å²) in [7, 11) is 0. The van der Waals surface area contributed by atoms with Crippen LogP contribution in [0.2, 0.25) is 0 Å². The number of hydrogen-bond donors (Lipinski definition) is 3. The van der Waals surface area contributed by atoms with Gasteiger partial charge in [-0.3, -0.25) is 4.79 Å². The molecule has 0 aromatic heterocycles. The molecule has 8 heteroatoms. The van der Waals surface area contributed by atoms with Crippen molar-refractivity contribution < 1.29 is 19.1 Å². The molecule has 0 fully saturated rings. The maximum Gasteiger partial charge on any atom is 0.316 e. The number of hydrogen-bond acceptors (Lipinski definition) is 5. The molecule has 1 heterocycles. The van der Waals surface area contributed by atoms with E-state index in [0.717, 1.165) is 9.79 Å². The van der Waals surface area contributed by atoms with Crippen LogP contribution in [0.5, 0.6) is 11.5 Å². The lowest BCUT2D eigenvalue weighted by atomic mass is 10.2.